The molecule has 1 aliphatic rings. The summed E-state index contributed by atoms with van der Waals surface area (Å²) in [7, 11) is 0. The molecule has 0 radical (unpaired) electrons. The van der Waals surface area contributed by atoms with Crippen LogP contribution in [0, 0.1) is 12.3 Å². The number of rotatable bonds is 4. The van der Waals surface area contributed by atoms with Gasteiger partial charge in [0.05, 0.1) is 5.60 Å². The Morgan fingerprint density at radius 2 is 1.23 bits per heavy atom. The average Bonchev–Trinajstić information content (AvgIpc) is 2.93. The van der Waals surface area contributed by atoms with E-state index < -0.39 is 0 Å². The third kappa shape index (κ3) is 4.04. The minimum atomic E-state index is -0.126. The molecule has 0 unspecified atom stereocenters. The fourth-order valence-corrected chi connectivity index (χ4v) is 4.18. The molecule has 1 aliphatic heterocycles. The second kappa shape index (κ2) is 7.83. The molecular weight excluding hydrogens is 385 g/mol. The number of hydrogen-bond donors (Lipinski definition) is 1. The summed E-state index contributed by atoms with van der Waals surface area (Å²) < 4.78 is 6.42. The zero-order valence-electron chi connectivity index (χ0n) is 18.5. The summed E-state index contributed by atoms with van der Waals surface area (Å²) in [5.74, 6) is 0. The van der Waals surface area contributed by atoms with Crippen LogP contribution in [0.15, 0.2) is 77.7 Å². The Hall–Kier alpha value is -2.17. The smallest absolute Gasteiger partial charge is 0.327 e. The van der Waals surface area contributed by atoms with Gasteiger partial charge in [-0.05, 0) is 86.5 Å². The molecule has 0 atom stereocenters. The third-order valence-electron chi connectivity index (χ3n) is 6.69. The number of benzene rings is 3. The maximum atomic E-state index is 6.42. The van der Waals surface area contributed by atoms with Crippen LogP contribution in [-0.2, 0) is 4.65 Å². The molecule has 1 saturated heterocycles. The highest BCUT2D eigenvalue weighted by Gasteiger charge is 2.49. The van der Waals surface area contributed by atoms with E-state index in [1.54, 1.807) is 0 Å². The number of thiol groups is 1. The molecule has 4 rings (SSSR count). The molecule has 0 aromatic heterocycles. The van der Waals surface area contributed by atoms with Gasteiger partial charge in [0.15, 0.2) is 0 Å². The zero-order valence-corrected chi connectivity index (χ0v) is 19.4. The van der Waals surface area contributed by atoms with E-state index in [9.17, 15) is 0 Å². The van der Waals surface area contributed by atoms with E-state index in [1.165, 1.54) is 11.0 Å². The molecule has 3 aromatic carbocycles. The molecule has 0 N–H and O–H groups in total. The van der Waals surface area contributed by atoms with Gasteiger partial charge in [-0.25, -0.2) is 0 Å². The standard InChI is InChI=1S/C26H30BNOS/c1-19-6-10-21(11-7-19)28(23-14-16-24(30)17-15-23)22-12-8-20(9-13-22)27-18-25(2,3)26(4,5)29-27/h6-17,30H,18H2,1-5H3. The van der Waals surface area contributed by atoms with Gasteiger partial charge >= 0.3 is 6.92 Å². The Morgan fingerprint density at radius 3 is 1.70 bits per heavy atom. The highest BCUT2D eigenvalue weighted by Crippen LogP contribution is 2.45. The van der Waals surface area contributed by atoms with Gasteiger partial charge in [-0.2, -0.15) is 0 Å². The molecule has 1 heterocycles. The van der Waals surface area contributed by atoms with Crippen LogP contribution in [0.5, 0.6) is 0 Å². The molecule has 1 fully saturated rings. The lowest BCUT2D eigenvalue weighted by Crippen LogP contribution is -2.36. The number of anilines is 3. The molecule has 2 nitrogen and oxygen atoms in total. The highest BCUT2D eigenvalue weighted by atomic mass is 32.1. The van der Waals surface area contributed by atoms with Gasteiger partial charge in [0.2, 0.25) is 0 Å². The van der Waals surface area contributed by atoms with Crippen LogP contribution in [0.25, 0.3) is 0 Å². The first-order valence-corrected chi connectivity index (χ1v) is 11.0. The van der Waals surface area contributed by atoms with Crippen molar-refractivity contribution in [2.24, 2.45) is 5.41 Å². The first-order chi connectivity index (χ1) is 14.2. The van der Waals surface area contributed by atoms with Crippen molar-refractivity contribution in [3.8, 4) is 0 Å². The minimum absolute atomic E-state index is 0.126. The third-order valence-corrected chi connectivity index (χ3v) is 6.98. The monoisotopic (exact) mass is 415 g/mol. The largest absolute Gasteiger partial charge is 0.426 e. The minimum Gasteiger partial charge on any atom is -0.426 e. The summed E-state index contributed by atoms with van der Waals surface area (Å²) in [6.07, 6.45) is 1.03. The lowest BCUT2D eigenvalue weighted by atomic mass is 9.54. The normalized spacial score (nSPS) is 17.2. The van der Waals surface area contributed by atoms with Gasteiger partial charge in [0.1, 0.15) is 0 Å². The maximum absolute atomic E-state index is 6.42. The quantitative estimate of drug-likeness (QED) is 0.372. The van der Waals surface area contributed by atoms with E-state index in [1.807, 2.05) is 12.1 Å². The summed E-state index contributed by atoms with van der Waals surface area (Å²) in [6.45, 7) is 11.2. The van der Waals surface area contributed by atoms with Crippen molar-refractivity contribution in [3.05, 3.63) is 78.4 Å². The fraction of sp³-hybridized carbons (Fsp3) is 0.308. The van der Waals surface area contributed by atoms with Gasteiger partial charge in [0, 0.05) is 22.0 Å². The molecule has 0 bridgehead atoms. The van der Waals surface area contributed by atoms with E-state index in [0.29, 0.717) is 0 Å². The Morgan fingerprint density at radius 1 is 0.767 bits per heavy atom. The van der Waals surface area contributed by atoms with E-state index in [-0.39, 0.29) is 17.9 Å². The van der Waals surface area contributed by atoms with Gasteiger partial charge in [-0.3, -0.25) is 0 Å². The summed E-state index contributed by atoms with van der Waals surface area (Å²) in [5.41, 5.74) is 5.90. The first-order valence-electron chi connectivity index (χ1n) is 10.6. The molecule has 154 valence electrons. The number of nitrogens with zero attached hydrogens (tertiary/aromatic N) is 1. The Kier molecular flexibility index (Phi) is 5.50. The zero-order chi connectivity index (χ0) is 21.5. The molecule has 30 heavy (non-hydrogen) atoms. The van der Waals surface area contributed by atoms with E-state index >= 15 is 0 Å². The molecule has 0 saturated carbocycles. The van der Waals surface area contributed by atoms with Gasteiger partial charge in [-0.1, -0.05) is 43.7 Å². The maximum Gasteiger partial charge on any atom is 0.327 e. The van der Waals surface area contributed by atoms with Crippen LogP contribution < -0.4 is 10.4 Å². The van der Waals surface area contributed by atoms with Crippen molar-refractivity contribution in [2.45, 2.75) is 51.4 Å². The van der Waals surface area contributed by atoms with Crippen LogP contribution in [0.1, 0.15) is 33.3 Å². The molecule has 0 aliphatic carbocycles. The van der Waals surface area contributed by atoms with Crippen molar-refractivity contribution in [1.29, 1.82) is 0 Å². The van der Waals surface area contributed by atoms with E-state index in [2.05, 4.69) is 113 Å². The topological polar surface area (TPSA) is 12.5 Å². The summed E-state index contributed by atoms with van der Waals surface area (Å²) >= 11 is 4.45. The lowest BCUT2D eigenvalue weighted by Gasteiger charge is -2.34. The SMILES string of the molecule is Cc1ccc(N(c2ccc(S)cc2)c2ccc(B3CC(C)(C)C(C)(C)O3)cc2)cc1. The van der Waals surface area contributed by atoms with Gasteiger partial charge in [-0.15, -0.1) is 12.6 Å². The molecule has 0 spiro atoms. The summed E-state index contributed by atoms with van der Waals surface area (Å²) in [4.78, 5) is 3.24. The van der Waals surface area contributed by atoms with Gasteiger partial charge in [0.25, 0.3) is 0 Å². The first kappa shape index (κ1) is 21.1. The number of aryl methyl sites for hydroxylation is 1. The molecule has 4 heteroatoms. The lowest BCUT2D eigenvalue weighted by molar-refractivity contribution is 0.0375. The number of hydrogen-bond acceptors (Lipinski definition) is 3. The van der Waals surface area contributed by atoms with E-state index in [4.69, 9.17) is 4.65 Å². The fourth-order valence-electron chi connectivity index (χ4n) is 4.03. The second-order valence-corrected chi connectivity index (χ2v) is 10.0. The summed E-state index contributed by atoms with van der Waals surface area (Å²) in [5, 5.41) is 0. The Labute approximate surface area is 186 Å². The molecule has 3 aromatic rings. The summed E-state index contributed by atoms with van der Waals surface area (Å²) in [6, 6.07) is 25.8. The van der Waals surface area contributed by atoms with Crippen molar-refractivity contribution < 1.29 is 4.65 Å². The Balaban J connectivity index is 1.68. The van der Waals surface area contributed by atoms with Crippen molar-refractivity contribution in [1.82, 2.24) is 0 Å². The van der Waals surface area contributed by atoms with Gasteiger partial charge < -0.3 is 9.55 Å². The predicted octanol–water partition coefficient (Wildman–Crippen LogP) is 6.79. The predicted molar refractivity (Wildman–Crippen MR) is 132 cm³/mol. The van der Waals surface area contributed by atoms with Crippen LogP contribution in [0.3, 0.4) is 0 Å². The van der Waals surface area contributed by atoms with Crippen molar-refractivity contribution in [3.63, 3.8) is 0 Å². The van der Waals surface area contributed by atoms with Crippen molar-refractivity contribution >= 4 is 42.1 Å². The van der Waals surface area contributed by atoms with Crippen molar-refractivity contribution in [2.75, 3.05) is 4.90 Å². The molecule has 0 amide bonds. The average molecular weight is 415 g/mol. The van der Waals surface area contributed by atoms with Crippen LogP contribution in [-0.4, -0.2) is 12.5 Å². The second-order valence-electron chi connectivity index (χ2n) is 9.48. The molecular formula is C26H30BNOS. The highest BCUT2D eigenvalue weighted by molar-refractivity contribution is 7.80. The van der Waals surface area contributed by atoms with Crippen LogP contribution in [0.2, 0.25) is 6.32 Å². The van der Waals surface area contributed by atoms with Crippen LogP contribution in [0.4, 0.5) is 17.1 Å². The van der Waals surface area contributed by atoms with E-state index in [0.717, 1.165) is 28.3 Å². The Bertz CT molecular complexity index is 949. The van der Waals surface area contributed by atoms with Crippen LogP contribution >= 0.6 is 12.6 Å².